The summed E-state index contributed by atoms with van der Waals surface area (Å²) < 4.78 is 2.39. The summed E-state index contributed by atoms with van der Waals surface area (Å²) in [5.41, 5.74) is 16.6. The van der Waals surface area contributed by atoms with Crippen molar-refractivity contribution in [3.8, 4) is 61.7 Å². The maximum absolute atomic E-state index is 5.20. The van der Waals surface area contributed by atoms with Gasteiger partial charge in [-0.15, -0.1) is 0 Å². The number of para-hydroxylation sites is 1. The predicted molar refractivity (Wildman–Crippen MR) is 230 cm³/mol. The minimum absolute atomic E-state index is 0.956. The van der Waals surface area contributed by atoms with E-state index in [-0.39, 0.29) is 0 Å². The first-order chi connectivity index (χ1) is 27.2. The third-order valence-corrected chi connectivity index (χ3v) is 10.6. The molecule has 1 aliphatic carbocycles. The molecule has 6 aromatic carbocycles. The van der Waals surface area contributed by atoms with Crippen molar-refractivity contribution in [2.45, 2.75) is 12.8 Å². The molecule has 0 saturated carbocycles. The molecule has 0 spiro atoms. The number of nitrogens with zero attached hydrogens (tertiary/aromatic N) is 3. The van der Waals surface area contributed by atoms with Crippen molar-refractivity contribution in [1.82, 2.24) is 14.5 Å². The third kappa shape index (κ3) is 6.26. The predicted octanol–water partition coefficient (Wildman–Crippen LogP) is 13.6. The van der Waals surface area contributed by atoms with Crippen molar-refractivity contribution in [2.24, 2.45) is 0 Å². The van der Waals surface area contributed by atoms with E-state index in [1.54, 1.807) is 0 Å². The van der Waals surface area contributed by atoms with Crippen molar-refractivity contribution >= 4 is 27.4 Å². The number of hydrogen-bond donors (Lipinski definition) is 0. The monoisotopic (exact) mass is 703 g/mol. The summed E-state index contributed by atoms with van der Waals surface area (Å²) in [6, 6.07) is 65.0. The number of allylic oxidation sites excluding steroid dienone is 4. The van der Waals surface area contributed by atoms with Crippen LogP contribution in [-0.4, -0.2) is 14.5 Å². The van der Waals surface area contributed by atoms with Gasteiger partial charge in [0.1, 0.15) is 0 Å². The van der Waals surface area contributed by atoms with E-state index in [4.69, 9.17) is 9.97 Å². The molecular weight excluding hydrogens is 667 g/mol. The third-order valence-electron chi connectivity index (χ3n) is 10.6. The first-order valence-corrected chi connectivity index (χ1v) is 19.0. The number of hydrogen-bond acceptors (Lipinski definition) is 2. The summed E-state index contributed by atoms with van der Waals surface area (Å²) in [6.07, 6.45) is 8.62. The van der Waals surface area contributed by atoms with Crippen LogP contribution in [-0.2, 0) is 0 Å². The average molecular weight is 704 g/mol. The normalized spacial score (nSPS) is 12.6. The Morgan fingerprint density at radius 3 is 1.27 bits per heavy atom. The average Bonchev–Trinajstić information content (AvgIpc) is 3.60. The highest BCUT2D eigenvalue weighted by atomic mass is 15.0. The fourth-order valence-electron chi connectivity index (χ4n) is 7.88. The summed E-state index contributed by atoms with van der Waals surface area (Å²) in [7, 11) is 0. The molecule has 0 atom stereocenters. The largest absolute Gasteiger partial charge is 0.309 e. The highest BCUT2D eigenvalue weighted by Gasteiger charge is 2.17. The van der Waals surface area contributed by atoms with Gasteiger partial charge in [0.05, 0.1) is 33.8 Å². The van der Waals surface area contributed by atoms with E-state index in [1.807, 2.05) is 0 Å². The lowest BCUT2D eigenvalue weighted by Crippen LogP contribution is -1.96. The number of rotatable bonds is 7. The molecule has 0 amide bonds. The van der Waals surface area contributed by atoms with Gasteiger partial charge in [-0.25, -0.2) is 9.97 Å². The summed E-state index contributed by atoms with van der Waals surface area (Å²) in [4.78, 5) is 10.4. The number of pyridine rings is 2. The molecule has 10 rings (SSSR count). The van der Waals surface area contributed by atoms with E-state index >= 15 is 0 Å². The smallest absolute Gasteiger partial charge is 0.0715 e. The fraction of sp³-hybridized carbons (Fsp3) is 0.0385. The molecule has 260 valence electrons. The van der Waals surface area contributed by atoms with E-state index in [1.165, 1.54) is 32.9 Å². The summed E-state index contributed by atoms with van der Waals surface area (Å²) >= 11 is 0. The van der Waals surface area contributed by atoms with Crippen LogP contribution in [0.5, 0.6) is 0 Å². The van der Waals surface area contributed by atoms with Gasteiger partial charge in [0, 0.05) is 33.2 Å². The van der Waals surface area contributed by atoms with Crippen molar-refractivity contribution in [3.63, 3.8) is 0 Å². The van der Waals surface area contributed by atoms with Crippen molar-refractivity contribution in [3.05, 3.63) is 206 Å². The lowest BCUT2D eigenvalue weighted by Gasteiger charge is -2.14. The molecule has 0 bridgehead atoms. The van der Waals surface area contributed by atoms with Crippen LogP contribution in [0.25, 0.3) is 89.1 Å². The van der Waals surface area contributed by atoms with Gasteiger partial charge in [0.2, 0.25) is 0 Å². The second-order valence-corrected chi connectivity index (χ2v) is 14.1. The Hall–Kier alpha value is -7.10. The second kappa shape index (κ2) is 14.0. The van der Waals surface area contributed by atoms with Crippen LogP contribution >= 0.6 is 0 Å². The van der Waals surface area contributed by atoms with Crippen LogP contribution < -0.4 is 0 Å². The van der Waals surface area contributed by atoms with Gasteiger partial charge < -0.3 is 4.57 Å². The Balaban J connectivity index is 1.19. The Bertz CT molecular complexity index is 2830. The highest BCUT2D eigenvalue weighted by Crippen LogP contribution is 2.39. The van der Waals surface area contributed by atoms with Gasteiger partial charge in [0.25, 0.3) is 0 Å². The molecule has 0 N–H and O–H groups in total. The van der Waals surface area contributed by atoms with E-state index in [0.717, 1.165) is 74.7 Å². The van der Waals surface area contributed by atoms with E-state index in [9.17, 15) is 0 Å². The fourth-order valence-corrected chi connectivity index (χ4v) is 7.88. The molecule has 0 fully saturated rings. The van der Waals surface area contributed by atoms with Crippen molar-refractivity contribution in [1.29, 1.82) is 0 Å². The molecule has 55 heavy (non-hydrogen) atoms. The van der Waals surface area contributed by atoms with Gasteiger partial charge in [-0.3, -0.25) is 0 Å². The second-order valence-electron chi connectivity index (χ2n) is 14.1. The number of aromatic nitrogens is 3. The van der Waals surface area contributed by atoms with E-state index in [0.29, 0.717) is 0 Å². The molecule has 1 aliphatic rings. The van der Waals surface area contributed by atoms with Crippen LogP contribution in [0, 0.1) is 0 Å². The minimum atomic E-state index is 0.956. The van der Waals surface area contributed by atoms with Gasteiger partial charge in [-0.2, -0.15) is 0 Å². The molecule has 0 unspecified atom stereocenters. The van der Waals surface area contributed by atoms with Gasteiger partial charge in [-0.1, -0.05) is 140 Å². The molecule has 0 aliphatic heterocycles. The first kappa shape index (κ1) is 32.5. The summed E-state index contributed by atoms with van der Waals surface area (Å²) in [5, 5.41) is 2.41. The molecule has 3 heterocycles. The minimum Gasteiger partial charge on any atom is -0.309 e. The van der Waals surface area contributed by atoms with Crippen molar-refractivity contribution in [2.75, 3.05) is 0 Å². The molecule has 3 aromatic heterocycles. The Kier molecular flexibility index (Phi) is 8.31. The Morgan fingerprint density at radius 1 is 0.382 bits per heavy atom. The standard InChI is InChI=1S/C52H37N3/c1-6-16-36(17-7-1)47-32-42(33-48(53-47)37-18-8-2-9-19-37)40-26-28-51-45(30-40)46-31-41(27-29-52(46)55(51)44-24-14-5-15-25-44)43-34-49(38-20-10-3-11-21-38)54-50(35-43)39-22-12-4-13-23-39/h1-12,14-22,24-35H,13,23H2. The molecule has 0 saturated heterocycles. The Labute approximate surface area is 321 Å². The lowest BCUT2D eigenvalue weighted by molar-refractivity contribution is 1.04. The Morgan fingerprint density at radius 2 is 0.818 bits per heavy atom. The SMILES string of the molecule is C1=CCCC(c2cc(-c3ccc4c(c3)c3cc(-c5cc(-c6ccccc6)nc(-c6ccccc6)c5)ccc3n4-c3ccccc3)cc(-c3ccccc3)n2)=C1. The first-order valence-electron chi connectivity index (χ1n) is 19.0. The van der Waals surface area contributed by atoms with Crippen LogP contribution in [0.1, 0.15) is 18.5 Å². The number of fused-ring (bicyclic) bond motifs is 3. The number of benzene rings is 6. The van der Waals surface area contributed by atoms with Gasteiger partial charge >= 0.3 is 0 Å². The molecule has 9 aromatic rings. The zero-order valence-corrected chi connectivity index (χ0v) is 30.3. The van der Waals surface area contributed by atoms with Crippen molar-refractivity contribution < 1.29 is 0 Å². The van der Waals surface area contributed by atoms with Crippen LogP contribution in [0.4, 0.5) is 0 Å². The molecular formula is C52H37N3. The molecule has 3 nitrogen and oxygen atoms in total. The maximum Gasteiger partial charge on any atom is 0.0715 e. The van der Waals surface area contributed by atoms with Gasteiger partial charge in [0.15, 0.2) is 0 Å². The highest BCUT2D eigenvalue weighted by molar-refractivity contribution is 6.11. The maximum atomic E-state index is 5.20. The van der Waals surface area contributed by atoms with Crippen LogP contribution in [0.15, 0.2) is 200 Å². The van der Waals surface area contributed by atoms with E-state index in [2.05, 4.69) is 205 Å². The topological polar surface area (TPSA) is 30.7 Å². The van der Waals surface area contributed by atoms with Gasteiger partial charge in [-0.05, 0) is 101 Å². The lowest BCUT2D eigenvalue weighted by atomic mass is 9.95. The van der Waals surface area contributed by atoms with E-state index < -0.39 is 0 Å². The summed E-state index contributed by atoms with van der Waals surface area (Å²) in [5.74, 6) is 0. The summed E-state index contributed by atoms with van der Waals surface area (Å²) in [6.45, 7) is 0. The zero-order valence-electron chi connectivity index (χ0n) is 30.3. The molecule has 3 heteroatoms. The zero-order chi connectivity index (χ0) is 36.6. The van der Waals surface area contributed by atoms with Crippen LogP contribution in [0.2, 0.25) is 0 Å². The van der Waals surface area contributed by atoms with Crippen LogP contribution in [0.3, 0.4) is 0 Å². The quantitative estimate of drug-likeness (QED) is 0.165. The molecule has 0 radical (unpaired) electrons.